The number of likely N-dealkylation sites (tertiary alicyclic amines) is 1. The third kappa shape index (κ3) is 5.71. The average Bonchev–Trinajstić information content (AvgIpc) is 2.78. The first kappa shape index (κ1) is 21.1. The van der Waals surface area contributed by atoms with Crippen LogP contribution in [0.15, 0.2) is 48.5 Å². The maximum Gasteiger partial charge on any atom is 0.241 e. The molecule has 1 unspecified atom stereocenters. The summed E-state index contributed by atoms with van der Waals surface area (Å²) < 4.78 is 16.6. The number of hydrogen-bond donors (Lipinski definition) is 1. The van der Waals surface area contributed by atoms with Gasteiger partial charge in [0.1, 0.15) is 0 Å². The highest BCUT2D eigenvalue weighted by Crippen LogP contribution is 2.30. The van der Waals surface area contributed by atoms with Crippen LogP contribution in [0.25, 0.3) is 0 Å². The molecule has 0 saturated carbocycles. The van der Waals surface area contributed by atoms with Crippen molar-refractivity contribution in [2.75, 3.05) is 32.6 Å². The Kier molecular flexibility index (Phi) is 7.49. The summed E-state index contributed by atoms with van der Waals surface area (Å²) in [5.41, 5.74) is 1.89. The summed E-state index contributed by atoms with van der Waals surface area (Å²) >= 11 is 0. The van der Waals surface area contributed by atoms with Crippen molar-refractivity contribution in [1.29, 1.82) is 0 Å². The third-order valence-corrected chi connectivity index (χ3v) is 5.38. The highest BCUT2D eigenvalue weighted by Gasteiger charge is 2.27. The number of piperidine rings is 1. The van der Waals surface area contributed by atoms with Crippen molar-refractivity contribution in [2.24, 2.45) is 0 Å². The fraction of sp³-hybridized carbons (Fsp3) is 0.435. The summed E-state index contributed by atoms with van der Waals surface area (Å²) in [6, 6.07) is 15.4. The molecular formula is C23H30N2O4. The van der Waals surface area contributed by atoms with Crippen molar-refractivity contribution in [3.63, 3.8) is 0 Å². The molecule has 0 radical (unpaired) electrons. The predicted octanol–water partition coefficient (Wildman–Crippen LogP) is 3.71. The number of anilines is 1. The van der Waals surface area contributed by atoms with Crippen molar-refractivity contribution >= 4 is 11.6 Å². The fourth-order valence-corrected chi connectivity index (χ4v) is 3.54. The van der Waals surface area contributed by atoms with Crippen LogP contribution in [0.5, 0.6) is 11.5 Å². The molecule has 0 aliphatic carbocycles. The number of hydrogen-bond acceptors (Lipinski definition) is 5. The maximum atomic E-state index is 12.7. The molecule has 2 aromatic carbocycles. The number of nitrogens with one attached hydrogen (secondary N) is 1. The normalized spacial score (nSPS) is 16.2. The molecule has 1 heterocycles. The van der Waals surface area contributed by atoms with Crippen LogP contribution < -0.4 is 14.8 Å². The first-order valence-electron chi connectivity index (χ1n) is 10.0. The fourth-order valence-electron chi connectivity index (χ4n) is 3.54. The Balaban J connectivity index is 1.47. The van der Waals surface area contributed by atoms with E-state index in [2.05, 4.69) is 22.3 Å². The smallest absolute Gasteiger partial charge is 0.241 e. The molecule has 6 heteroatoms. The standard InChI is InChI=1S/C23H30N2O4/c1-17(23(26)24-19-9-10-21(27-2)22(15-19)28-3)25-13-11-20(12-14-25)29-16-18-7-5-4-6-8-18/h4-10,15,17,20H,11-14,16H2,1-3H3,(H,24,26). The first-order chi connectivity index (χ1) is 14.1. The summed E-state index contributed by atoms with van der Waals surface area (Å²) in [5, 5.41) is 2.98. The number of carbonyl (C=O) groups is 1. The van der Waals surface area contributed by atoms with Gasteiger partial charge in [0, 0.05) is 24.8 Å². The Morgan fingerprint density at radius 2 is 1.76 bits per heavy atom. The Bertz CT molecular complexity index is 789. The van der Waals surface area contributed by atoms with Gasteiger partial charge in [-0.05, 0) is 37.5 Å². The molecule has 0 bridgehead atoms. The zero-order valence-electron chi connectivity index (χ0n) is 17.4. The van der Waals surface area contributed by atoms with E-state index in [1.165, 1.54) is 5.56 Å². The monoisotopic (exact) mass is 398 g/mol. The lowest BCUT2D eigenvalue weighted by atomic mass is 10.1. The number of nitrogens with zero attached hydrogens (tertiary/aromatic N) is 1. The molecule has 156 valence electrons. The molecule has 1 fully saturated rings. The third-order valence-electron chi connectivity index (χ3n) is 5.38. The largest absolute Gasteiger partial charge is 0.493 e. The Labute approximate surface area is 172 Å². The van der Waals surface area contributed by atoms with Crippen molar-refractivity contribution in [2.45, 2.75) is 38.5 Å². The molecular weight excluding hydrogens is 368 g/mol. The zero-order chi connectivity index (χ0) is 20.6. The number of amides is 1. The van der Waals surface area contributed by atoms with E-state index in [1.54, 1.807) is 26.4 Å². The Morgan fingerprint density at radius 3 is 2.41 bits per heavy atom. The zero-order valence-corrected chi connectivity index (χ0v) is 17.4. The van der Waals surface area contributed by atoms with E-state index in [9.17, 15) is 4.79 Å². The van der Waals surface area contributed by atoms with Crippen LogP contribution in [0.3, 0.4) is 0 Å². The molecule has 1 atom stereocenters. The van der Waals surface area contributed by atoms with Gasteiger partial charge in [0.05, 0.1) is 33.0 Å². The summed E-state index contributed by atoms with van der Waals surface area (Å²) in [7, 11) is 3.17. The molecule has 1 aliphatic rings. The van der Waals surface area contributed by atoms with Crippen LogP contribution in [0.1, 0.15) is 25.3 Å². The van der Waals surface area contributed by atoms with E-state index in [1.807, 2.05) is 31.2 Å². The van der Waals surface area contributed by atoms with E-state index >= 15 is 0 Å². The number of benzene rings is 2. The van der Waals surface area contributed by atoms with Crippen LogP contribution in [-0.2, 0) is 16.1 Å². The molecule has 0 aromatic heterocycles. The summed E-state index contributed by atoms with van der Waals surface area (Å²) in [6.45, 7) is 4.28. The highest BCUT2D eigenvalue weighted by atomic mass is 16.5. The lowest BCUT2D eigenvalue weighted by Gasteiger charge is -2.35. The van der Waals surface area contributed by atoms with Crippen molar-refractivity contribution in [3.8, 4) is 11.5 Å². The highest BCUT2D eigenvalue weighted by molar-refractivity contribution is 5.94. The van der Waals surface area contributed by atoms with Gasteiger partial charge in [-0.3, -0.25) is 9.69 Å². The van der Waals surface area contributed by atoms with Gasteiger partial charge in [-0.25, -0.2) is 0 Å². The van der Waals surface area contributed by atoms with E-state index in [0.29, 0.717) is 23.8 Å². The predicted molar refractivity (Wildman–Crippen MR) is 113 cm³/mol. The number of methoxy groups -OCH3 is 2. The molecule has 1 amide bonds. The van der Waals surface area contributed by atoms with Crippen LogP contribution in [0, 0.1) is 0 Å². The van der Waals surface area contributed by atoms with Gasteiger partial charge in [0.2, 0.25) is 5.91 Å². The van der Waals surface area contributed by atoms with Gasteiger partial charge in [-0.1, -0.05) is 30.3 Å². The quantitative estimate of drug-likeness (QED) is 0.735. The second-order valence-corrected chi connectivity index (χ2v) is 7.27. The lowest BCUT2D eigenvalue weighted by Crippen LogP contribution is -2.47. The van der Waals surface area contributed by atoms with E-state index in [-0.39, 0.29) is 18.1 Å². The maximum absolute atomic E-state index is 12.7. The van der Waals surface area contributed by atoms with Crippen molar-refractivity contribution in [1.82, 2.24) is 4.90 Å². The summed E-state index contributed by atoms with van der Waals surface area (Å²) in [5.74, 6) is 1.20. The van der Waals surface area contributed by atoms with Crippen molar-refractivity contribution < 1.29 is 19.0 Å². The van der Waals surface area contributed by atoms with Crippen molar-refractivity contribution in [3.05, 3.63) is 54.1 Å². The van der Waals surface area contributed by atoms with Gasteiger partial charge in [-0.2, -0.15) is 0 Å². The average molecular weight is 399 g/mol. The molecule has 29 heavy (non-hydrogen) atoms. The first-order valence-corrected chi connectivity index (χ1v) is 10.0. The number of ether oxygens (including phenoxy) is 3. The SMILES string of the molecule is COc1ccc(NC(=O)C(C)N2CCC(OCc3ccccc3)CC2)cc1OC. The minimum Gasteiger partial charge on any atom is -0.493 e. The Hall–Kier alpha value is -2.57. The number of carbonyl (C=O) groups excluding carboxylic acids is 1. The molecule has 0 spiro atoms. The van der Waals surface area contributed by atoms with Gasteiger partial charge in [0.15, 0.2) is 11.5 Å². The molecule has 1 saturated heterocycles. The molecule has 3 rings (SSSR count). The van der Waals surface area contributed by atoms with Crippen LogP contribution in [0.4, 0.5) is 5.69 Å². The lowest BCUT2D eigenvalue weighted by molar-refractivity contribution is -0.122. The van der Waals surface area contributed by atoms with Gasteiger partial charge >= 0.3 is 0 Å². The Morgan fingerprint density at radius 1 is 1.07 bits per heavy atom. The minimum atomic E-state index is -0.210. The molecule has 6 nitrogen and oxygen atoms in total. The van der Waals surface area contributed by atoms with Crippen LogP contribution in [-0.4, -0.2) is 50.3 Å². The van der Waals surface area contributed by atoms with E-state index < -0.39 is 0 Å². The van der Waals surface area contributed by atoms with Crippen LogP contribution >= 0.6 is 0 Å². The minimum absolute atomic E-state index is 0.0270. The second kappa shape index (κ2) is 10.3. The number of rotatable bonds is 8. The van der Waals surface area contributed by atoms with Gasteiger partial charge < -0.3 is 19.5 Å². The van der Waals surface area contributed by atoms with Gasteiger partial charge in [0.25, 0.3) is 0 Å². The summed E-state index contributed by atoms with van der Waals surface area (Å²) in [6.07, 6.45) is 2.11. The van der Waals surface area contributed by atoms with E-state index in [0.717, 1.165) is 25.9 Å². The van der Waals surface area contributed by atoms with Gasteiger partial charge in [-0.15, -0.1) is 0 Å². The topological polar surface area (TPSA) is 60.0 Å². The van der Waals surface area contributed by atoms with Crippen LogP contribution in [0.2, 0.25) is 0 Å². The molecule has 2 aromatic rings. The molecule has 1 aliphatic heterocycles. The van der Waals surface area contributed by atoms with E-state index in [4.69, 9.17) is 14.2 Å². The summed E-state index contributed by atoms with van der Waals surface area (Å²) in [4.78, 5) is 14.9. The second-order valence-electron chi connectivity index (χ2n) is 7.27. The molecule has 1 N–H and O–H groups in total.